The van der Waals surface area contributed by atoms with Crippen molar-refractivity contribution in [2.75, 3.05) is 41.8 Å². The number of anilines is 4. The quantitative estimate of drug-likeness (QED) is 0.556. The van der Waals surface area contributed by atoms with Crippen LogP contribution >= 0.6 is 0 Å². The van der Waals surface area contributed by atoms with Gasteiger partial charge in [-0.1, -0.05) is 6.07 Å². The van der Waals surface area contributed by atoms with Gasteiger partial charge in [0.25, 0.3) is 5.91 Å². The Morgan fingerprint density at radius 3 is 2.63 bits per heavy atom. The first-order valence-corrected chi connectivity index (χ1v) is 9.81. The number of carbonyl (C=O) groups is 1. The molecule has 0 aliphatic carbocycles. The number of primary amides is 1. The van der Waals surface area contributed by atoms with Crippen LogP contribution < -0.4 is 21.3 Å². The van der Waals surface area contributed by atoms with Crippen molar-refractivity contribution < 1.29 is 9.53 Å². The maximum atomic E-state index is 11.8. The molecule has 2 aromatic heterocycles. The minimum absolute atomic E-state index is 0.340. The molecule has 0 bridgehead atoms. The van der Waals surface area contributed by atoms with Gasteiger partial charge >= 0.3 is 0 Å². The molecule has 0 radical (unpaired) electrons. The van der Waals surface area contributed by atoms with E-state index in [9.17, 15) is 4.79 Å². The van der Waals surface area contributed by atoms with Crippen LogP contribution in [0.2, 0.25) is 0 Å². The summed E-state index contributed by atoms with van der Waals surface area (Å²) in [5, 5.41) is 6.53. The number of rotatable bonds is 7. The van der Waals surface area contributed by atoms with Gasteiger partial charge < -0.3 is 26.0 Å². The Bertz CT molecular complexity index is 988. The van der Waals surface area contributed by atoms with Crippen LogP contribution in [0.3, 0.4) is 0 Å². The van der Waals surface area contributed by atoms with Crippen molar-refractivity contribution in [1.82, 2.24) is 9.97 Å². The number of aromatic nitrogens is 2. The van der Waals surface area contributed by atoms with Crippen LogP contribution in [0, 0.1) is 0 Å². The van der Waals surface area contributed by atoms with Gasteiger partial charge in [0.15, 0.2) is 0 Å². The Labute approximate surface area is 175 Å². The van der Waals surface area contributed by atoms with E-state index in [1.807, 2.05) is 24.3 Å². The Morgan fingerprint density at radius 1 is 1.13 bits per heavy atom. The van der Waals surface area contributed by atoms with Gasteiger partial charge in [0.05, 0.1) is 24.5 Å². The van der Waals surface area contributed by atoms with E-state index in [1.54, 1.807) is 18.5 Å². The highest BCUT2D eigenvalue weighted by atomic mass is 16.5. The van der Waals surface area contributed by atoms with Gasteiger partial charge in [-0.25, -0.2) is 4.98 Å². The summed E-state index contributed by atoms with van der Waals surface area (Å²) in [5.41, 5.74) is 9.54. The first-order chi connectivity index (χ1) is 14.7. The van der Waals surface area contributed by atoms with Crippen LogP contribution in [0.1, 0.15) is 15.9 Å². The molecule has 1 saturated heterocycles. The summed E-state index contributed by atoms with van der Waals surface area (Å²) >= 11 is 0. The van der Waals surface area contributed by atoms with E-state index in [-0.39, 0.29) is 0 Å². The second-order valence-corrected chi connectivity index (χ2v) is 6.97. The largest absolute Gasteiger partial charge is 0.380 e. The first-order valence-electron chi connectivity index (χ1n) is 9.81. The highest BCUT2D eigenvalue weighted by molar-refractivity contribution is 5.98. The normalized spacial score (nSPS) is 13.7. The lowest BCUT2D eigenvalue weighted by Crippen LogP contribution is -2.36. The molecule has 8 heteroatoms. The number of nitrogens with two attached hydrogens (primary N) is 1. The Kier molecular flexibility index (Phi) is 6.05. The third kappa shape index (κ3) is 4.84. The van der Waals surface area contributed by atoms with Crippen LogP contribution in [0.15, 0.2) is 61.1 Å². The molecule has 154 valence electrons. The Balaban J connectivity index is 1.47. The van der Waals surface area contributed by atoms with Crippen LogP contribution in [-0.2, 0) is 11.3 Å². The topological polar surface area (TPSA) is 105 Å². The highest BCUT2D eigenvalue weighted by Crippen LogP contribution is 2.24. The van der Waals surface area contributed by atoms with Crippen molar-refractivity contribution in [3.8, 4) is 0 Å². The molecule has 8 nitrogen and oxygen atoms in total. The van der Waals surface area contributed by atoms with Gasteiger partial charge in [-0.2, -0.15) is 0 Å². The summed E-state index contributed by atoms with van der Waals surface area (Å²) in [5.74, 6) is 0.0883. The fraction of sp³-hybridized carbons (Fsp3) is 0.227. The summed E-state index contributed by atoms with van der Waals surface area (Å²) in [6, 6.07) is 13.8. The van der Waals surface area contributed by atoms with E-state index in [2.05, 4.69) is 37.6 Å². The molecule has 1 aromatic carbocycles. The molecule has 3 heterocycles. The fourth-order valence-electron chi connectivity index (χ4n) is 3.29. The third-order valence-electron chi connectivity index (χ3n) is 4.89. The zero-order valence-corrected chi connectivity index (χ0v) is 16.5. The van der Waals surface area contributed by atoms with Gasteiger partial charge in [-0.05, 0) is 35.9 Å². The molecule has 0 saturated carbocycles. The van der Waals surface area contributed by atoms with Crippen molar-refractivity contribution in [2.24, 2.45) is 5.73 Å². The standard InChI is InChI=1S/C22H24N6O2/c23-22(29)19-15-26-21(12-20(19)25-14-16-2-1-7-24-13-16)27-17-3-5-18(6-4-17)28-8-10-30-11-9-28/h1-7,12-13,15H,8-11,14H2,(H2,23,29)(H2,25,26,27). The molecule has 4 rings (SSSR count). The predicted octanol–water partition coefficient (Wildman–Crippen LogP) is 2.77. The lowest BCUT2D eigenvalue weighted by atomic mass is 10.2. The smallest absolute Gasteiger partial charge is 0.252 e. The van der Waals surface area contributed by atoms with Crippen molar-refractivity contribution in [3.63, 3.8) is 0 Å². The number of ether oxygens (including phenoxy) is 1. The first kappa shape index (κ1) is 19.7. The second kappa shape index (κ2) is 9.23. The van der Waals surface area contributed by atoms with Gasteiger partial charge in [0.2, 0.25) is 0 Å². The van der Waals surface area contributed by atoms with Crippen LogP contribution in [0.25, 0.3) is 0 Å². The number of hydrogen-bond donors (Lipinski definition) is 3. The van der Waals surface area contributed by atoms with E-state index in [4.69, 9.17) is 10.5 Å². The minimum Gasteiger partial charge on any atom is -0.380 e. The minimum atomic E-state index is -0.530. The molecule has 4 N–H and O–H groups in total. The van der Waals surface area contributed by atoms with Gasteiger partial charge in [-0.15, -0.1) is 0 Å². The molecule has 1 amide bonds. The van der Waals surface area contributed by atoms with E-state index in [0.717, 1.165) is 37.6 Å². The zero-order chi connectivity index (χ0) is 20.8. The second-order valence-electron chi connectivity index (χ2n) is 6.97. The van der Waals surface area contributed by atoms with E-state index < -0.39 is 5.91 Å². The lowest BCUT2D eigenvalue weighted by Gasteiger charge is -2.28. The molecule has 1 fully saturated rings. The molecule has 0 unspecified atom stereocenters. The van der Waals surface area contributed by atoms with E-state index in [1.165, 1.54) is 11.9 Å². The maximum absolute atomic E-state index is 11.8. The van der Waals surface area contributed by atoms with Crippen molar-refractivity contribution in [1.29, 1.82) is 0 Å². The fourth-order valence-corrected chi connectivity index (χ4v) is 3.29. The van der Waals surface area contributed by atoms with Crippen molar-refractivity contribution in [2.45, 2.75) is 6.54 Å². The molecule has 1 aliphatic rings. The number of pyridine rings is 2. The van der Waals surface area contributed by atoms with Crippen molar-refractivity contribution >= 4 is 28.8 Å². The summed E-state index contributed by atoms with van der Waals surface area (Å²) < 4.78 is 5.41. The Morgan fingerprint density at radius 2 is 1.93 bits per heavy atom. The summed E-state index contributed by atoms with van der Waals surface area (Å²) in [4.78, 5) is 22.5. The van der Waals surface area contributed by atoms with Crippen LogP contribution in [0.5, 0.6) is 0 Å². The molecule has 0 spiro atoms. The maximum Gasteiger partial charge on any atom is 0.252 e. The number of carbonyl (C=O) groups excluding carboxylic acids is 1. The lowest BCUT2D eigenvalue weighted by molar-refractivity contribution is 0.100. The average Bonchev–Trinajstić information content (AvgIpc) is 2.79. The number of hydrogen-bond acceptors (Lipinski definition) is 7. The van der Waals surface area contributed by atoms with E-state index >= 15 is 0 Å². The predicted molar refractivity (Wildman–Crippen MR) is 117 cm³/mol. The third-order valence-corrected chi connectivity index (χ3v) is 4.89. The molecule has 0 atom stereocenters. The zero-order valence-electron chi connectivity index (χ0n) is 16.5. The number of nitrogens with one attached hydrogen (secondary N) is 2. The SMILES string of the molecule is NC(=O)c1cnc(Nc2ccc(N3CCOCC3)cc2)cc1NCc1cccnc1. The molecule has 3 aromatic rings. The monoisotopic (exact) mass is 404 g/mol. The highest BCUT2D eigenvalue weighted by Gasteiger charge is 2.12. The number of morpholine rings is 1. The van der Waals surface area contributed by atoms with Gasteiger partial charge in [0, 0.05) is 55.7 Å². The molecular weight excluding hydrogens is 380 g/mol. The number of amides is 1. The van der Waals surface area contributed by atoms with Crippen LogP contribution in [-0.4, -0.2) is 42.2 Å². The number of benzene rings is 1. The van der Waals surface area contributed by atoms with Crippen molar-refractivity contribution in [3.05, 3.63) is 72.2 Å². The number of nitrogens with zero attached hydrogens (tertiary/aromatic N) is 3. The average molecular weight is 404 g/mol. The van der Waals surface area contributed by atoms with Gasteiger partial charge in [-0.3, -0.25) is 9.78 Å². The molecule has 30 heavy (non-hydrogen) atoms. The van der Waals surface area contributed by atoms with E-state index in [0.29, 0.717) is 23.6 Å². The summed E-state index contributed by atoms with van der Waals surface area (Å²) in [6.07, 6.45) is 4.97. The van der Waals surface area contributed by atoms with Crippen LogP contribution in [0.4, 0.5) is 22.9 Å². The molecular formula is C22H24N6O2. The summed E-state index contributed by atoms with van der Waals surface area (Å²) in [7, 11) is 0. The Hall–Kier alpha value is -3.65. The van der Waals surface area contributed by atoms with Gasteiger partial charge in [0.1, 0.15) is 5.82 Å². The molecule has 1 aliphatic heterocycles. The summed E-state index contributed by atoms with van der Waals surface area (Å²) in [6.45, 7) is 3.82.